The first kappa shape index (κ1) is 11.8. The standard InChI is InChI=1S/C16H10FN3O/c17-10-5-6-11-9(7-10)8-14(18-11)15-16(21)20-13-4-2-1-3-12(13)19-15/h1-8,18H,(H,20,21). The zero-order valence-corrected chi connectivity index (χ0v) is 10.9. The second-order valence-corrected chi connectivity index (χ2v) is 4.85. The minimum Gasteiger partial charge on any atom is -0.353 e. The van der Waals surface area contributed by atoms with Gasteiger partial charge in [-0.15, -0.1) is 0 Å². The predicted octanol–water partition coefficient (Wildman–Crippen LogP) is 3.21. The summed E-state index contributed by atoms with van der Waals surface area (Å²) in [6, 6.07) is 13.5. The zero-order valence-electron chi connectivity index (χ0n) is 10.9. The van der Waals surface area contributed by atoms with Crippen molar-refractivity contribution in [1.82, 2.24) is 15.0 Å². The van der Waals surface area contributed by atoms with Crippen LogP contribution in [0.5, 0.6) is 0 Å². The van der Waals surface area contributed by atoms with Gasteiger partial charge in [0.15, 0.2) is 5.69 Å². The van der Waals surface area contributed by atoms with E-state index >= 15 is 0 Å². The van der Waals surface area contributed by atoms with Crippen molar-refractivity contribution in [2.24, 2.45) is 0 Å². The number of nitrogens with zero attached hydrogens (tertiary/aromatic N) is 1. The fourth-order valence-electron chi connectivity index (χ4n) is 2.44. The van der Waals surface area contributed by atoms with Crippen molar-refractivity contribution < 1.29 is 4.39 Å². The molecule has 4 nitrogen and oxygen atoms in total. The van der Waals surface area contributed by atoms with E-state index in [1.54, 1.807) is 18.2 Å². The van der Waals surface area contributed by atoms with E-state index < -0.39 is 0 Å². The molecule has 0 radical (unpaired) electrons. The smallest absolute Gasteiger partial charge is 0.276 e. The number of rotatable bonds is 1. The number of fused-ring (bicyclic) bond motifs is 2. The first-order valence-corrected chi connectivity index (χ1v) is 6.48. The molecular formula is C16H10FN3O. The van der Waals surface area contributed by atoms with Gasteiger partial charge in [-0.1, -0.05) is 12.1 Å². The van der Waals surface area contributed by atoms with Crippen LogP contribution in [0.4, 0.5) is 4.39 Å². The number of benzene rings is 2. The first-order chi connectivity index (χ1) is 10.2. The minimum absolute atomic E-state index is 0.277. The second kappa shape index (κ2) is 4.28. The van der Waals surface area contributed by atoms with Crippen LogP contribution < -0.4 is 5.56 Å². The largest absolute Gasteiger partial charge is 0.353 e. The van der Waals surface area contributed by atoms with Gasteiger partial charge in [0.1, 0.15) is 5.82 Å². The summed E-state index contributed by atoms with van der Waals surface area (Å²) in [4.78, 5) is 22.5. The number of nitrogens with one attached hydrogen (secondary N) is 2. The van der Waals surface area contributed by atoms with Gasteiger partial charge in [-0.05, 0) is 36.4 Å². The molecule has 0 aliphatic carbocycles. The summed E-state index contributed by atoms with van der Waals surface area (Å²) in [7, 11) is 0. The molecule has 2 aromatic carbocycles. The van der Waals surface area contributed by atoms with Gasteiger partial charge in [0.25, 0.3) is 5.56 Å². The maximum Gasteiger partial charge on any atom is 0.276 e. The van der Waals surface area contributed by atoms with Crippen molar-refractivity contribution in [2.75, 3.05) is 0 Å². The average Bonchev–Trinajstić information content (AvgIpc) is 2.89. The highest BCUT2D eigenvalue weighted by molar-refractivity contribution is 5.86. The number of H-pyrrole nitrogens is 2. The number of hydrogen-bond donors (Lipinski definition) is 2. The van der Waals surface area contributed by atoms with Crippen LogP contribution in [-0.4, -0.2) is 15.0 Å². The maximum atomic E-state index is 13.2. The molecule has 0 bridgehead atoms. The molecule has 2 heterocycles. The topological polar surface area (TPSA) is 61.5 Å². The van der Waals surface area contributed by atoms with E-state index in [9.17, 15) is 9.18 Å². The summed E-state index contributed by atoms with van der Waals surface area (Å²) in [5.74, 6) is -0.312. The molecule has 21 heavy (non-hydrogen) atoms. The van der Waals surface area contributed by atoms with E-state index in [-0.39, 0.29) is 11.4 Å². The number of halogens is 1. The van der Waals surface area contributed by atoms with Crippen molar-refractivity contribution in [3.05, 3.63) is 64.7 Å². The summed E-state index contributed by atoms with van der Waals surface area (Å²) in [5, 5.41) is 0.708. The quantitative estimate of drug-likeness (QED) is 0.562. The summed E-state index contributed by atoms with van der Waals surface area (Å²) in [5.41, 5.74) is 2.75. The lowest BCUT2D eigenvalue weighted by Crippen LogP contribution is -2.11. The lowest BCUT2D eigenvalue weighted by Gasteiger charge is -2.00. The van der Waals surface area contributed by atoms with Gasteiger partial charge in [0.2, 0.25) is 0 Å². The highest BCUT2D eigenvalue weighted by Crippen LogP contribution is 2.22. The average molecular weight is 279 g/mol. The normalized spacial score (nSPS) is 11.3. The molecule has 5 heteroatoms. The van der Waals surface area contributed by atoms with Crippen molar-refractivity contribution in [3.63, 3.8) is 0 Å². The Morgan fingerprint density at radius 2 is 1.81 bits per heavy atom. The van der Waals surface area contributed by atoms with Crippen molar-refractivity contribution in [2.45, 2.75) is 0 Å². The summed E-state index contributed by atoms with van der Waals surface area (Å²) >= 11 is 0. The van der Waals surface area contributed by atoms with E-state index in [1.807, 2.05) is 18.2 Å². The molecule has 4 rings (SSSR count). The Kier molecular flexibility index (Phi) is 2.41. The summed E-state index contributed by atoms with van der Waals surface area (Å²) < 4.78 is 13.2. The highest BCUT2D eigenvalue weighted by atomic mass is 19.1. The minimum atomic E-state index is -0.312. The van der Waals surface area contributed by atoms with Gasteiger partial charge in [-0.25, -0.2) is 9.37 Å². The Morgan fingerprint density at radius 1 is 0.952 bits per heavy atom. The number of aromatic amines is 2. The maximum absolute atomic E-state index is 13.2. The second-order valence-electron chi connectivity index (χ2n) is 4.85. The van der Waals surface area contributed by atoms with Crippen molar-refractivity contribution >= 4 is 21.9 Å². The molecule has 0 aliphatic heterocycles. The molecule has 0 saturated carbocycles. The summed E-state index contributed by atoms with van der Waals surface area (Å²) in [6.45, 7) is 0. The molecule has 4 aromatic rings. The fraction of sp³-hybridized carbons (Fsp3) is 0. The molecule has 0 spiro atoms. The van der Waals surface area contributed by atoms with E-state index in [0.29, 0.717) is 27.8 Å². The van der Waals surface area contributed by atoms with Crippen LogP contribution in [0.15, 0.2) is 53.3 Å². The Hall–Kier alpha value is -2.95. The number of aromatic nitrogens is 3. The van der Waals surface area contributed by atoms with E-state index in [0.717, 1.165) is 5.52 Å². The van der Waals surface area contributed by atoms with E-state index in [2.05, 4.69) is 15.0 Å². The van der Waals surface area contributed by atoms with Crippen LogP contribution >= 0.6 is 0 Å². The Balaban J connectivity index is 1.99. The van der Waals surface area contributed by atoms with Crippen LogP contribution in [0.3, 0.4) is 0 Å². The lowest BCUT2D eigenvalue weighted by molar-refractivity contribution is 0.630. The number of hydrogen-bond acceptors (Lipinski definition) is 2. The molecule has 2 aromatic heterocycles. The van der Waals surface area contributed by atoms with Gasteiger partial charge in [0.05, 0.1) is 16.7 Å². The molecule has 0 amide bonds. The van der Waals surface area contributed by atoms with Gasteiger partial charge >= 0.3 is 0 Å². The van der Waals surface area contributed by atoms with Crippen molar-refractivity contribution in [3.8, 4) is 11.4 Å². The first-order valence-electron chi connectivity index (χ1n) is 6.48. The predicted molar refractivity (Wildman–Crippen MR) is 79.6 cm³/mol. The van der Waals surface area contributed by atoms with Crippen LogP contribution in [0.2, 0.25) is 0 Å². The Bertz CT molecular complexity index is 1030. The monoisotopic (exact) mass is 279 g/mol. The molecule has 0 unspecified atom stereocenters. The zero-order chi connectivity index (χ0) is 14.4. The van der Waals surface area contributed by atoms with Gasteiger partial charge in [0, 0.05) is 10.9 Å². The third-order valence-corrected chi connectivity index (χ3v) is 3.44. The Morgan fingerprint density at radius 3 is 2.71 bits per heavy atom. The van der Waals surface area contributed by atoms with Gasteiger partial charge in [-0.3, -0.25) is 4.79 Å². The molecule has 0 atom stereocenters. The molecule has 102 valence electrons. The summed E-state index contributed by atoms with van der Waals surface area (Å²) in [6.07, 6.45) is 0. The molecular weight excluding hydrogens is 269 g/mol. The number of para-hydroxylation sites is 2. The Labute approximate surface area is 118 Å². The van der Waals surface area contributed by atoms with Gasteiger partial charge < -0.3 is 9.97 Å². The SMILES string of the molecule is O=c1[nH]c2ccccc2nc1-c1cc2cc(F)ccc2[nH]1. The van der Waals surface area contributed by atoms with Crippen molar-refractivity contribution in [1.29, 1.82) is 0 Å². The molecule has 0 aliphatic rings. The van der Waals surface area contributed by atoms with E-state index in [4.69, 9.17) is 0 Å². The van der Waals surface area contributed by atoms with Crippen LogP contribution in [0.1, 0.15) is 0 Å². The van der Waals surface area contributed by atoms with Crippen LogP contribution in [0, 0.1) is 5.82 Å². The van der Waals surface area contributed by atoms with E-state index in [1.165, 1.54) is 12.1 Å². The lowest BCUT2D eigenvalue weighted by atomic mass is 10.2. The third kappa shape index (κ3) is 1.90. The third-order valence-electron chi connectivity index (χ3n) is 3.44. The molecule has 2 N–H and O–H groups in total. The van der Waals surface area contributed by atoms with Gasteiger partial charge in [-0.2, -0.15) is 0 Å². The highest BCUT2D eigenvalue weighted by Gasteiger charge is 2.10. The molecule has 0 fully saturated rings. The van der Waals surface area contributed by atoms with Crippen LogP contribution in [0.25, 0.3) is 33.3 Å². The fourth-order valence-corrected chi connectivity index (χ4v) is 2.44. The molecule has 0 saturated heterocycles. The van der Waals surface area contributed by atoms with Crippen LogP contribution in [-0.2, 0) is 0 Å².